The van der Waals surface area contributed by atoms with Crippen molar-refractivity contribution < 1.29 is 18.3 Å². The number of alkyl halides is 2. The predicted octanol–water partition coefficient (Wildman–Crippen LogP) is 3.00. The number of carbonyl (C=O) groups excluding carboxylic acids is 1. The number of carbonyl (C=O) groups is 1. The highest BCUT2D eigenvalue weighted by Crippen LogP contribution is 2.33. The van der Waals surface area contributed by atoms with E-state index in [1.54, 1.807) is 23.9 Å². The Labute approximate surface area is 156 Å². The molecule has 1 amide bonds. The molecule has 7 heteroatoms. The van der Waals surface area contributed by atoms with E-state index in [0.717, 1.165) is 19.3 Å². The lowest BCUT2D eigenvalue weighted by Crippen LogP contribution is -2.41. The highest BCUT2D eigenvalue weighted by Gasteiger charge is 2.47. The first-order valence-corrected chi connectivity index (χ1v) is 9.31. The zero-order valence-corrected chi connectivity index (χ0v) is 15.3. The van der Waals surface area contributed by atoms with Crippen molar-refractivity contribution in [1.82, 2.24) is 14.5 Å². The predicted molar refractivity (Wildman–Crippen MR) is 96.0 cm³/mol. The average Bonchev–Trinajstić information content (AvgIpc) is 3.32. The van der Waals surface area contributed by atoms with E-state index in [2.05, 4.69) is 4.98 Å². The number of likely N-dealkylation sites (tertiary alicyclic amines) is 1. The molecule has 1 atom stereocenters. The molecule has 1 aliphatic carbocycles. The van der Waals surface area contributed by atoms with Crippen LogP contribution in [0, 0.1) is 6.92 Å². The molecule has 0 spiro atoms. The van der Waals surface area contributed by atoms with Crippen LogP contribution in [0.4, 0.5) is 8.78 Å². The number of benzene rings is 1. The quantitative estimate of drug-likeness (QED) is 0.807. The van der Waals surface area contributed by atoms with Gasteiger partial charge in [-0.1, -0.05) is 6.07 Å². The molecule has 1 aliphatic heterocycles. The molecule has 0 N–H and O–H groups in total. The Morgan fingerprint density at radius 3 is 2.93 bits per heavy atom. The lowest BCUT2D eigenvalue weighted by Gasteiger charge is -2.24. The Kier molecular flexibility index (Phi) is 4.61. The van der Waals surface area contributed by atoms with Crippen LogP contribution in [0.15, 0.2) is 30.6 Å². The number of nitrogens with zero attached hydrogens (tertiary/aromatic N) is 3. The van der Waals surface area contributed by atoms with E-state index in [4.69, 9.17) is 4.74 Å². The second kappa shape index (κ2) is 6.94. The second-order valence-electron chi connectivity index (χ2n) is 7.43. The molecular weight excluding hydrogens is 352 g/mol. The molecule has 2 aromatic rings. The van der Waals surface area contributed by atoms with Crippen LogP contribution in [0.5, 0.6) is 5.75 Å². The molecule has 0 radical (unpaired) electrons. The van der Waals surface area contributed by atoms with Crippen LogP contribution in [0.3, 0.4) is 0 Å². The molecule has 2 aliphatic rings. The van der Waals surface area contributed by atoms with Gasteiger partial charge < -0.3 is 14.2 Å². The Morgan fingerprint density at radius 2 is 2.15 bits per heavy atom. The van der Waals surface area contributed by atoms with Gasteiger partial charge in [0.25, 0.3) is 5.92 Å². The summed E-state index contributed by atoms with van der Waals surface area (Å²) < 4.78 is 35.5. The van der Waals surface area contributed by atoms with E-state index in [-0.39, 0.29) is 25.5 Å². The molecule has 1 fully saturated rings. The first-order valence-electron chi connectivity index (χ1n) is 9.31. The van der Waals surface area contributed by atoms with Crippen molar-refractivity contribution in [2.75, 3.05) is 13.2 Å². The van der Waals surface area contributed by atoms with Gasteiger partial charge in [-0.3, -0.25) is 4.79 Å². The minimum Gasteiger partial charge on any atom is -0.491 e. The molecular formula is C20H23F2N3O2. The zero-order chi connectivity index (χ0) is 19.0. The lowest BCUT2D eigenvalue weighted by molar-refractivity contribution is -0.134. The fourth-order valence-corrected chi connectivity index (χ4v) is 3.98. The van der Waals surface area contributed by atoms with E-state index in [9.17, 15) is 13.6 Å². The van der Waals surface area contributed by atoms with Crippen molar-refractivity contribution in [2.24, 2.45) is 0 Å². The summed E-state index contributed by atoms with van der Waals surface area (Å²) in [7, 11) is 0. The molecule has 0 unspecified atom stereocenters. The molecule has 4 rings (SSSR count). The normalized spacial score (nSPS) is 20.7. The Balaban J connectivity index is 1.43. The van der Waals surface area contributed by atoms with Crippen LogP contribution >= 0.6 is 0 Å². The monoisotopic (exact) mass is 375 g/mol. The van der Waals surface area contributed by atoms with Gasteiger partial charge in [0, 0.05) is 18.8 Å². The number of hydrogen-bond donors (Lipinski definition) is 0. The number of aromatic nitrogens is 2. The fourth-order valence-electron chi connectivity index (χ4n) is 3.98. The highest BCUT2D eigenvalue weighted by atomic mass is 19.3. The van der Waals surface area contributed by atoms with Crippen LogP contribution in [0.25, 0.3) is 0 Å². The van der Waals surface area contributed by atoms with Crippen LogP contribution in [-0.4, -0.2) is 45.5 Å². The van der Waals surface area contributed by atoms with Crippen LogP contribution in [0.1, 0.15) is 29.8 Å². The van der Waals surface area contributed by atoms with Crippen molar-refractivity contribution in [3.05, 3.63) is 47.5 Å². The summed E-state index contributed by atoms with van der Waals surface area (Å²) in [5.74, 6) is -1.86. The van der Waals surface area contributed by atoms with Gasteiger partial charge in [0.1, 0.15) is 24.7 Å². The first kappa shape index (κ1) is 17.9. The van der Waals surface area contributed by atoms with E-state index >= 15 is 0 Å². The smallest absolute Gasteiger partial charge is 0.267 e. The van der Waals surface area contributed by atoms with Crippen LogP contribution in [0.2, 0.25) is 0 Å². The number of rotatable bonds is 5. The Hall–Kier alpha value is -2.44. The molecule has 1 aromatic carbocycles. The average molecular weight is 375 g/mol. The minimum absolute atomic E-state index is 0.0112. The van der Waals surface area contributed by atoms with Gasteiger partial charge in [0.15, 0.2) is 0 Å². The fraction of sp³-hybridized carbons (Fsp3) is 0.500. The summed E-state index contributed by atoms with van der Waals surface area (Å²) in [6, 6.07) is 5.30. The topological polar surface area (TPSA) is 47.4 Å². The van der Waals surface area contributed by atoms with Gasteiger partial charge in [-0.2, -0.15) is 0 Å². The van der Waals surface area contributed by atoms with Crippen molar-refractivity contribution in [2.45, 2.75) is 51.1 Å². The number of hydrogen-bond acceptors (Lipinski definition) is 3. The standard InChI is InChI=1S/C20H23F2N3O2/c1-14-23-7-8-24(14)11-19(26)25-13-20(21,22)10-17(25)12-27-18-6-5-15-3-2-4-16(15)9-18/h5-9,17H,2-4,10-13H2,1H3/t17-/m0/s1. The van der Waals surface area contributed by atoms with Crippen molar-refractivity contribution >= 4 is 5.91 Å². The van der Waals surface area contributed by atoms with E-state index < -0.39 is 18.5 Å². The summed E-state index contributed by atoms with van der Waals surface area (Å²) >= 11 is 0. The maximum absolute atomic E-state index is 14.0. The summed E-state index contributed by atoms with van der Waals surface area (Å²) in [6.07, 6.45) is 6.16. The third-order valence-electron chi connectivity index (χ3n) is 5.44. The van der Waals surface area contributed by atoms with Crippen molar-refractivity contribution in [3.63, 3.8) is 0 Å². The van der Waals surface area contributed by atoms with Gasteiger partial charge >= 0.3 is 0 Å². The summed E-state index contributed by atoms with van der Waals surface area (Å²) in [6.45, 7) is 1.30. The SMILES string of the molecule is Cc1nccn1CC(=O)N1CC(F)(F)C[C@H]1COc1ccc2c(c1)CCC2. The molecule has 144 valence electrons. The third kappa shape index (κ3) is 3.82. The number of ether oxygens (including phenoxy) is 1. The van der Waals surface area contributed by atoms with Gasteiger partial charge in [0.2, 0.25) is 5.91 Å². The number of imidazole rings is 1. The van der Waals surface area contributed by atoms with E-state index in [1.807, 2.05) is 18.2 Å². The first-order chi connectivity index (χ1) is 12.9. The lowest BCUT2D eigenvalue weighted by atomic mass is 10.1. The van der Waals surface area contributed by atoms with Gasteiger partial charge in [-0.15, -0.1) is 0 Å². The largest absolute Gasteiger partial charge is 0.491 e. The molecule has 1 aromatic heterocycles. The number of halogens is 2. The van der Waals surface area contributed by atoms with Gasteiger partial charge in [0.05, 0.1) is 12.6 Å². The van der Waals surface area contributed by atoms with E-state index in [1.165, 1.54) is 16.0 Å². The van der Waals surface area contributed by atoms with Crippen LogP contribution in [-0.2, 0) is 24.2 Å². The molecule has 5 nitrogen and oxygen atoms in total. The molecule has 0 saturated carbocycles. The molecule has 2 heterocycles. The number of amides is 1. The Bertz CT molecular complexity index is 850. The van der Waals surface area contributed by atoms with E-state index in [0.29, 0.717) is 11.6 Å². The third-order valence-corrected chi connectivity index (χ3v) is 5.44. The van der Waals surface area contributed by atoms with Gasteiger partial charge in [-0.25, -0.2) is 13.8 Å². The van der Waals surface area contributed by atoms with Crippen molar-refractivity contribution in [1.29, 1.82) is 0 Å². The highest BCUT2D eigenvalue weighted by molar-refractivity contribution is 5.77. The maximum Gasteiger partial charge on any atom is 0.267 e. The Morgan fingerprint density at radius 1 is 1.33 bits per heavy atom. The molecule has 27 heavy (non-hydrogen) atoms. The van der Waals surface area contributed by atoms with Crippen LogP contribution < -0.4 is 4.74 Å². The minimum atomic E-state index is -2.88. The number of aryl methyl sites for hydroxylation is 3. The number of fused-ring (bicyclic) bond motifs is 1. The second-order valence-corrected chi connectivity index (χ2v) is 7.43. The molecule has 1 saturated heterocycles. The van der Waals surface area contributed by atoms with Gasteiger partial charge in [-0.05, 0) is 49.4 Å². The summed E-state index contributed by atoms with van der Waals surface area (Å²) in [5, 5.41) is 0. The summed E-state index contributed by atoms with van der Waals surface area (Å²) in [4.78, 5) is 17.9. The summed E-state index contributed by atoms with van der Waals surface area (Å²) in [5.41, 5.74) is 2.61. The molecule has 0 bridgehead atoms. The van der Waals surface area contributed by atoms with Crippen molar-refractivity contribution in [3.8, 4) is 5.75 Å². The zero-order valence-electron chi connectivity index (χ0n) is 15.3. The maximum atomic E-state index is 14.0.